The van der Waals surface area contributed by atoms with Crippen LogP contribution in [0.4, 0.5) is 5.69 Å². The highest BCUT2D eigenvalue weighted by Gasteiger charge is 2.34. The fourth-order valence-corrected chi connectivity index (χ4v) is 3.87. The summed E-state index contributed by atoms with van der Waals surface area (Å²) >= 11 is 0. The number of benzene rings is 2. The summed E-state index contributed by atoms with van der Waals surface area (Å²) in [6.07, 6.45) is 1.81. The van der Waals surface area contributed by atoms with Crippen LogP contribution in [0, 0.1) is 0 Å². The summed E-state index contributed by atoms with van der Waals surface area (Å²) in [7, 11) is 0. The van der Waals surface area contributed by atoms with Crippen LogP contribution < -0.4 is 5.32 Å². The molecule has 1 aliphatic rings. The first-order valence-corrected chi connectivity index (χ1v) is 11.0. The van der Waals surface area contributed by atoms with Gasteiger partial charge >= 0.3 is 0 Å². The van der Waals surface area contributed by atoms with Gasteiger partial charge in [-0.15, -0.1) is 0 Å². The second-order valence-corrected chi connectivity index (χ2v) is 8.03. The number of morpholine rings is 1. The predicted octanol–water partition coefficient (Wildman–Crippen LogP) is 3.11. The number of anilines is 1. The Bertz CT molecular complexity index is 1060. The molecule has 1 saturated heterocycles. The van der Waals surface area contributed by atoms with Crippen LogP contribution in [0.1, 0.15) is 29.3 Å². The molecule has 1 fully saturated rings. The minimum atomic E-state index is -0.930. The molecule has 0 unspecified atom stereocenters. The van der Waals surface area contributed by atoms with Crippen molar-refractivity contribution >= 4 is 17.5 Å². The number of nitrogens with one attached hydrogen (secondary N) is 1. The molecule has 0 bridgehead atoms. The van der Waals surface area contributed by atoms with Crippen LogP contribution in [0.5, 0.6) is 0 Å². The predicted molar refractivity (Wildman–Crippen MR) is 124 cm³/mol. The standard InChI is InChI=1S/C26H27N3O4/c30-24(14-9-19-6-2-1-3-7-19)28-21-12-10-20(11-13-21)26(32)23-17-33-18-25(31)29(23)16-22-8-4-5-15-27-22/h1-8,10-13,15,23,26,32H,9,14,16-18H2,(H,28,30)/t23-,26-/m1/s1. The van der Waals surface area contributed by atoms with Gasteiger partial charge in [0, 0.05) is 18.3 Å². The summed E-state index contributed by atoms with van der Waals surface area (Å²) in [6, 6.07) is 21.9. The summed E-state index contributed by atoms with van der Waals surface area (Å²) in [5.41, 5.74) is 3.17. The lowest BCUT2D eigenvalue weighted by Crippen LogP contribution is -2.51. The highest BCUT2D eigenvalue weighted by molar-refractivity contribution is 5.90. The molecule has 3 aromatic rings. The van der Waals surface area contributed by atoms with Crippen molar-refractivity contribution in [1.82, 2.24) is 9.88 Å². The third-order valence-corrected chi connectivity index (χ3v) is 5.68. The van der Waals surface area contributed by atoms with E-state index in [1.54, 1.807) is 35.4 Å². The Labute approximate surface area is 193 Å². The van der Waals surface area contributed by atoms with Crippen molar-refractivity contribution in [3.05, 3.63) is 95.8 Å². The monoisotopic (exact) mass is 445 g/mol. The second kappa shape index (κ2) is 10.8. The fourth-order valence-electron chi connectivity index (χ4n) is 3.87. The van der Waals surface area contributed by atoms with E-state index < -0.39 is 12.1 Å². The number of aliphatic hydroxyl groups is 1. The average Bonchev–Trinajstić information content (AvgIpc) is 2.85. The number of rotatable bonds is 8. The molecule has 2 amide bonds. The SMILES string of the molecule is O=C(CCc1ccccc1)Nc1ccc([C@@H](O)[C@H]2COCC(=O)N2Cc2ccccn2)cc1. The molecule has 0 radical (unpaired) electrons. The minimum absolute atomic E-state index is 0.00992. The van der Waals surface area contributed by atoms with Gasteiger partial charge in [0.1, 0.15) is 12.7 Å². The Morgan fingerprint density at radius 1 is 1.09 bits per heavy atom. The Hall–Kier alpha value is -3.55. The van der Waals surface area contributed by atoms with Crippen LogP contribution in [0.15, 0.2) is 79.0 Å². The van der Waals surface area contributed by atoms with Gasteiger partial charge in [-0.1, -0.05) is 48.5 Å². The van der Waals surface area contributed by atoms with Gasteiger partial charge in [0.05, 0.1) is 24.9 Å². The lowest BCUT2D eigenvalue weighted by Gasteiger charge is -2.38. The largest absolute Gasteiger partial charge is 0.386 e. The first-order chi connectivity index (χ1) is 16.1. The number of ether oxygens (including phenoxy) is 1. The number of aliphatic hydroxyl groups excluding tert-OH is 1. The molecule has 2 aromatic carbocycles. The van der Waals surface area contributed by atoms with Crippen LogP contribution >= 0.6 is 0 Å². The molecule has 2 heterocycles. The van der Waals surface area contributed by atoms with Crippen molar-refractivity contribution in [2.24, 2.45) is 0 Å². The molecule has 33 heavy (non-hydrogen) atoms. The van der Waals surface area contributed by atoms with E-state index in [9.17, 15) is 14.7 Å². The van der Waals surface area contributed by atoms with Crippen molar-refractivity contribution in [3.8, 4) is 0 Å². The van der Waals surface area contributed by atoms with Crippen LogP contribution in [-0.2, 0) is 27.3 Å². The number of carbonyl (C=O) groups is 2. The van der Waals surface area contributed by atoms with Gasteiger partial charge in [-0.3, -0.25) is 14.6 Å². The van der Waals surface area contributed by atoms with E-state index in [0.717, 1.165) is 11.3 Å². The number of carbonyl (C=O) groups excluding carboxylic acids is 2. The number of aromatic nitrogens is 1. The zero-order chi connectivity index (χ0) is 23.0. The Kier molecular flexibility index (Phi) is 7.44. The summed E-state index contributed by atoms with van der Waals surface area (Å²) < 4.78 is 5.42. The zero-order valence-corrected chi connectivity index (χ0v) is 18.3. The Morgan fingerprint density at radius 3 is 2.58 bits per heavy atom. The van der Waals surface area contributed by atoms with Crippen molar-refractivity contribution < 1.29 is 19.4 Å². The number of aryl methyl sites for hydroxylation is 1. The molecule has 2 atom stereocenters. The second-order valence-electron chi connectivity index (χ2n) is 8.03. The van der Waals surface area contributed by atoms with Gasteiger partial charge < -0.3 is 20.1 Å². The molecule has 7 nitrogen and oxygen atoms in total. The molecule has 4 rings (SSSR count). The first kappa shape index (κ1) is 22.6. The van der Waals surface area contributed by atoms with Crippen molar-refractivity contribution in [3.63, 3.8) is 0 Å². The fraction of sp³-hybridized carbons (Fsp3) is 0.269. The molecule has 1 aromatic heterocycles. The maximum atomic E-state index is 12.5. The van der Waals surface area contributed by atoms with E-state index >= 15 is 0 Å². The molecule has 7 heteroatoms. The molecular weight excluding hydrogens is 418 g/mol. The maximum absolute atomic E-state index is 12.5. The van der Waals surface area contributed by atoms with Crippen LogP contribution in [0.3, 0.4) is 0 Å². The van der Waals surface area contributed by atoms with Crippen LogP contribution in [0.2, 0.25) is 0 Å². The van der Waals surface area contributed by atoms with Crippen molar-refractivity contribution in [1.29, 1.82) is 0 Å². The van der Waals surface area contributed by atoms with Crippen LogP contribution in [-0.4, -0.2) is 46.1 Å². The minimum Gasteiger partial charge on any atom is -0.386 e. The first-order valence-electron chi connectivity index (χ1n) is 11.0. The summed E-state index contributed by atoms with van der Waals surface area (Å²) in [5.74, 6) is -0.252. The topological polar surface area (TPSA) is 91.8 Å². The highest BCUT2D eigenvalue weighted by atomic mass is 16.5. The number of amides is 2. The number of pyridine rings is 1. The van der Waals surface area contributed by atoms with E-state index in [2.05, 4.69) is 10.3 Å². The van der Waals surface area contributed by atoms with E-state index in [4.69, 9.17) is 4.74 Å². The molecule has 0 saturated carbocycles. The number of nitrogens with zero attached hydrogens (tertiary/aromatic N) is 2. The quantitative estimate of drug-likeness (QED) is 0.556. The maximum Gasteiger partial charge on any atom is 0.249 e. The highest BCUT2D eigenvalue weighted by Crippen LogP contribution is 2.26. The van der Waals surface area contributed by atoms with Crippen molar-refractivity contribution in [2.45, 2.75) is 31.5 Å². The van der Waals surface area contributed by atoms with Crippen LogP contribution in [0.25, 0.3) is 0 Å². The van der Waals surface area contributed by atoms with Gasteiger partial charge in [0.25, 0.3) is 0 Å². The molecule has 170 valence electrons. The number of hydrogen-bond acceptors (Lipinski definition) is 5. The molecule has 1 aliphatic heterocycles. The zero-order valence-electron chi connectivity index (χ0n) is 18.3. The van der Waals surface area contributed by atoms with Gasteiger partial charge in [-0.2, -0.15) is 0 Å². The summed E-state index contributed by atoms with van der Waals surface area (Å²) in [5, 5.41) is 13.9. The third-order valence-electron chi connectivity index (χ3n) is 5.68. The van der Waals surface area contributed by atoms with E-state index in [1.165, 1.54) is 0 Å². The molecule has 2 N–H and O–H groups in total. The normalized spacial score (nSPS) is 16.9. The van der Waals surface area contributed by atoms with E-state index in [-0.39, 0.29) is 25.0 Å². The summed E-state index contributed by atoms with van der Waals surface area (Å²) in [6.45, 7) is 0.530. The molecule has 0 spiro atoms. The van der Waals surface area contributed by atoms with Gasteiger partial charge in [0.15, 0.2) is 0 Å². The van der Waals surface area contributed by atoms with E-state index in [0.29, 0.717) is 30.6 Å². The summed E-state index contributed by atoms with van der Waals surface area (Å²) in [4.78, 5) is 30.7. The van der Waals surface area contributed by atoms with Crippen molar-refractivity contribution in [2.75, 3.05) is 18.5 Å². The smallest absolute Gasteiger partial charge is 0.249 e. The lowest BCUT2D eigenvalue weighted by atomic mass is 9.99. The van der Waals surface area contributed by atoms with E-state index in [1.807, 2.05) is 48.5 Å². The number of hydrogen-bond donors (Lipinski definition) is 2. The van der Waals surface area contributed by atoms with Gasteiger partial charge in [0.2, 0.25) is 11.8 Å². The third kappa shape index (κ3) is 6.03. The van der Waals surface area contributed by atoms with Gasteiger partial charge in [-0.05, 0) is 41.8 Å². The lowest BCUT2D eigenvalue weighted by molar-refractivity contribution is -0.155. The molecular formula is C26H27N3O4. The average molecular weight is 446 g/mol. The Morgan fingerprint density at radius 2 is 1.85 bits per heavy atom. The van der Waals surface area contributed by atoms with Gasteiger partial charge in [-0.25, -0.2) is 0 Å². The molecule has 0 aliphatic carbocycles. The Balaban J connectivity index is 1.37.